The summed E-state index contributed by atoms with van der Waals surface area (Å²) in [7, 11) is 1.65. The minimum atomic E-state index is -0.659. The van der Waals surface area contributed by atoms with Gasteiger partial charge >= 0.3 is 0 Å². The van der Waals surface area contributed by atoms with Gasteiger partial charge in [-0.2, -0.15) is 0 Å². The number of likely N-dealkylation sites (N-methyl/N-ethyl adjacent to an activating group) is 1. The molecule has 2 heterocycles. The Hall–Kier alpha value is -3.18. The summed E-state index contributed by atoms with van der Waals surface area (Å²) < 4.78 is 0. The third-order valence-corrected chi connectivity index (χ3v) is 5.21. The fraction of sp³-hybridized carbons (Fsp3) is 0.136. The maximum atomic E-state index is 12.9. The molecule has 1 aliphatic rings. The zero-order chi connectivity index (χ0) is 19.7. The SMILES string of the molecule is CN1C(=O)C(Cc2ccc(-c3ccncc3)cc2)NC(=O)c2cccc(Cl)c21. The minimum Gasteiger partial charge on any atom is -0.340 e. The lowest BCUT2D eigenvalue weighted by atomic mass is 10.0. The van der Waals surface area contributed by atoms with Gasteiger partial charge in [-0.05, 0) is 41.0 Å². The van der Waals surface area contributed by atoms with Crippen molar-refractivity contribution in [1.82, 2.24) is 10.3 Å². The second-order valence-electron chi connectivity index (χ2n) is 6.70. The van der Waals surface area contributed by atoms with Gasteiger partial charge < -0.3 is 10.2 Å². The van der Waals surface area contributed by atoms with Crippen LogP contribution in [0.25, 0.3) is 11.1 Å². The van der Waals surface area contributed by atoms with E-state index in [-0.39, 0.29) is 11.8 Å². The highest BCUT2D eigenvalue weighted by Gasteiger charge is 2.33. The maximum Gasteiger partial charge on any atom is 0.254 e. The van der Waals surface area contributed by atoms with E-state index in [1.54, 1.807) is 37.6 Å². The van der Waals surface area contributed by atoms with Crippen molar-refractivity contribution in [3.8, 4) is 11.1 Å². The Morgan fingerprint density at radius 1 is 1.00 bits per heavy atom. The van der Waals surface area contributed by atoms with Crippen molar-refractivity contribution in [2.45, 2.75) is 12.5 Å². The van der Waals surface area contributed by atoms with Crippen LogP contribution in [0.1, 0.15) is 15.9 Å². The van der Waals surface area contributed by atoms with Crippen molar-refractivity contribution in [3.05, 3.63) is 83.1 Å². The number of anilines is 1. The summed E-state index contributed by atoms with van der Waals surface area (Å²) in [5.41, 5.74) is 3.95. The predicted octanol–water partition coefficient (Wildman–Crippen LogP) is 3.72. The van der Waals surface area contributed by atoms with Gasteiger partial charge in [0.25, 0.3) is 5.91 Å². The van der Waals surface area contributed by atoms with Gasteiger partial charge in [0.05, 0.1) is 16.3 Å². The molecule has 0 bridgehead atoms. The van der Waals surface area contributed by atoms with Crippen molar-refractivity contribution in [3.63, 3.8) is 0 Å². The van der Waals surface area contributed by atoms with Crippen LogP contribution in [0.3, 0.4) is 0 Å². The molecule has 1 unspecified atom stereocenters. The van der Waals surface area contributed by atoms with E-state index in [1.165, 1.54) is 4.90 Å². The lowest BCUT2D eigenvalue weighted by Crippen LogP contribution is -2.45. The van der Waals surface area contributed by atoms with Crippen LogP contribution in [-0.2, 0) is 11.2 Å². The summed E-state index contributed by atoms with van der Waals surface area (Å²) in [4.78, 5) is 31.1. The summed E-state index contributed by atoms with van der Waals surface area (Å²) in [5.74, 6) is -0.494. The largest absolute Gasteiger partial charge is 0.340 e. The number of nitrogens with one attached hydrogen (secondary N) is 1. The monoisotopic (exact) mass is 391 g/mol. The molecular weight excluding hydrogens is 374 g/mol. The topological polar surface area (TPSA) is 62.3 Å². The summed E-state index contributed by atoms with van der Waals surface area (Å²) in [6, 6.07) is 16.2. The molecule has 140 valence electrons. The zero-order valence-corrected chi connectivity index (χ0v) is 16.0. The normalized spacial score (nSPS) is 16.4. The van der Waals surface area contributed by atoms with Gasteiger partial charge in [0.15, 0.2) is 0 Å². The number of hydrogen-bond donors (Lipinski definition) is 1. The van der Waals surface area contributed by atoms with Crippen LogP contribution in [0.15, 0.2) is 67.0 Å². The van der Waals surface area contributed by atoms with Gasteiger partial charge in [-0.3, -0.25) is 14.6 Å². The number of para-hydroxylation sites is 1. The van der Waals surface area contributed by atoms with Crippen molar-refractivity contribution in [2.75, 3.05) is 11.9 Å². The molecule has 5 nitrogen and oxygen atoms in total. The van der Waals surface area contributed by atoms with Crippen molar-refractivity contribution in [1.29, 1.82) is 0 Å². The van der Waals surface area contributed by atoms with Gasteiger partial charge in [0.1, 0.15) is 6.04 Å². The quantitative estimate of drug-likeness (QED) is 0.740. The first-order chi connectivity index (χ1) is 13.5. The number of halogens is 1. The number of amides is 2. The summed E-state index contributed by atoms with van der Waals surface area (Å²) in [6.45, 7) is 0. The molecule has 0 aliphatic carbocycles. The molecule has 0 spiro atoms. The van der Waals surface area contributed by atoms with Gasteiger partial charge in [0, 0.05) is 25.9 Å². The van der Waals surface area contributed by atoms with E-state index < -0.39 is 6.04 Å². The van der Waals surface area contributed by atoms with E-state index in [4.69, 9.17) is 11.6 Å². The first kappa shape index (κ1) is 18.2. The van der Waals surface area contributed by atoms with E-state index in [0.29, 0.717) is 22.7 Å². The molecule has 2 aromatic carbocycles. The Kier molecular flexibility index (Phi) is 4.84. The van der Waals surface area contributed by atoms with Crippen LogP contribution < -0.4 is 10.2 Å². The Bertz CT molecular complexity index is 1040. The van der Waals surface area contributed by atoms with Crippen LogP contribution in [-0.4, -0.2) is 29.9 Å². The molecule has 1 N–H and O–H groups in total. The van der Waals surface area contributed by atoms with Gasteiger partial charge in [0.2, 0.25) is 5.91 Å². The number of benzene rings is 2. The Morgan fingerprint density at radius 2 is 1.68 bits per heavy atom. The van der Waals surface area contributed by atoms with E-state index in [1.807, 2.05) is 36.4 Å². The lowest BCUT2D eigenvalue weighted by molar-refractivity contribution is -0.120. The molecule has 28 heavy (non-hydrogen) atoms. The first-order valence-corrected chi connectivity index (χ1v) is 9.28. The maximum absolute atomic E-state index is 12.9. The van der Waals surface area contributed by atoms with Crippen LogP contribution in [0.5, 0.6) is 0 Å². The van der Waals surface area contributed by atoms with Gasteiger partial charge in [-0.15, -0.1) is 0 Å². The summed E-state index contributed by atoms with van der Waals surface area (Å²) >= 11 is 6.25. The summed E-state index contributed by atoms with van der Waals surface area (Å²) in [6.07, 6.45) is 3.90. The average molecular weight is 392 g/mol. The van der Waals surface area contributed by atoms with Crippen molar-refractivity contribution >= 4 is 29.1 Å². The number of hydrogen-bond acceptors (Lipinski definition) is 3. The second-order valence-corrected chi connectivity index (χ2v) is 7.10. The van der Waals surface area contributed by atoms with Gasteiger partial charge in [-0.25, -0.2) is 0 Å². The number of rotatable bonds is 3. The Labute approximate surface area is 168 Å². The Balaban J connectivity index is 1.58. The standard InChI is InChI=1S/C22H18ClN3O2/c1-26-20-17(3-2-4-18(20)23)21(27)25-19(22(26)28)13-14-5-7-15(8-6-14)16-9-11-24-12-10-16/h2-12,19H,13H2,1H3,(H,25,27). The Morgan fingerprint density at radius 3 is 2.39 bits per heavy atom. The van der Waals surface area contributed by atoms with E-state index in [9.17, 15) is 9.59 Å². The molecule has 1 atom stereocenters. The number of carbonyl (C=O) groups is 2. The fourth-order valence-electron chi connectivity index (χ4n) is 3.43. The van der Waals surface area contributed by atoms with E-state index >= 15 is 0 Å². The first-order valence-electron chi connectivity index (χ1n) is 8.91. The highest BCUT2D eigenvalue weighted by molar-refractivity contribution is 6.35. The molecule has 0 fully saturated rings. The number of aromatic nitrogens is 1. The minimum absolute atomic E-state index is 0.196. The molecule has 4 rings (SSSR count). The molecule has 6 heteroatoms. The summed E-state index contributed by atoms with van der Waals surface area (Å²) in [5, 5.41) is 3.22. The van der Waals surface area contributed by atoms with E-state index in [2.05, 4.69) is 10.3 Å². The third-order valence-electron chi connectivity index (χ3n) is 4.91. The molecular formula is C22H18ClN3O2. The van der Waals surface area contributed by atoms with Crippen LogP contribution in [0.4, 0.5) is 5.69 Å². The molecule has 0 radical (unpaired) electrons. The molecule has 0 saturated heterocycles. The van der Waals surface area contributed by atoms with Crippen molar-refractivity contribution < 1.29 is 9.59 Å². The lowest BCUT2D eigenvalue weighted by Gasteiger charge is -2.21. The molecule has 3 aromatic rings. The van der Waals surface area contributed by atoms with Crippen LogP contribution in [0.2, 0.25) is 5.02 Å². The number of pyridine rings is 1. The van der Waals surface area contributed by atoms with Crippen LogP contribution in [0, 0.1) is 0 Å². The van der Waals surface area contributed by atoms with E-state index in [0.717, 1.165) is 16.7 Å². The third kappa shape index (κ3) is 3.37. The number of fused-ring (bicyclic) bond motifs is 1. The van der Waals surface area contributed by atoms with Crippen LogP contribution >= 0.6 is 11.6 Å². The molecule has 1 aliphatic heterocycles. The predicted molar refractivity (Wildman–Crippen MR) is 109 cm³/mol. The fourth-order valence-corrected chi connectivity index (χ4v) is 3.73. The zero-order valence-electron chi connectivity index (χ0n) is 15.2. The molecule has 0 saturated carbocycles. The van der Waals surface area contributed by atoms with Crippen molar-refractivity contribution in [2.24, 2.45) is 0 Å². The second kappa shape index (κ2) is 7.44. The molecule has 2 amide bonds. The smallest absolute Gasteiger partial charge is 0.254 e. The average Bonchev–Trinajstić information content (AvgIpc) is 2.81. The molecule has 1 aromatic heterocycles. The highest BCUT2D eigenvalue weighted by atomic mass is 35.5. The number of nitrogens with zero attached hydrogens (tertiary/aromatic N) is 2. The van der Waals surface area contributed by atoms with Gasteiger partial charge in [-0.1, -0.05) is 41.9 Å². The number of carbonyl (C=O) groups excluding carboxylic acids is 2. The highest BCUT2D eigenvalue weighted by Crippen LogP contribution is 2.31.